The van der Waals surface area contributed by atoms with Crippen LogP contribution < -0.4 is 32.3 Å². The molecule has 1 aromatic heterocycles. The van der Waals surface area contributed by atoms with E-state index in [0.29, 0.717) is 10.2 Å². The predicted octanol–water partition coefficient (Wildman–Crippen LogP) is 0.892. The van der Waals surface area contributed by atoms with E-state index in [4.69, 9.17) is 28.9 Å². The predicted molar refractivity (Wildman–Crippen MR) is 116 cm³/mol. The molecular formula is C17H31N7OS2. The summed E-state index contributed by atoms with van der Waals surface area (Å²) in [4.78, 5) is 2.44. The number of thiocarbonyl (C=S) groups is 2. The number of nitrogens with one attached hydrogen (secondary N) is 6. The molecule has 27 heavy (non-hydrogen) atoms. The zero-order valence-electron chi connectivity index (χ0n) is 16.2. The Kier molecular flexibility index (Phi) is 9.22. The molecule has 0 radical (unpaired) electrons. The van der Waals surface area contributed by atoms with Crippen molar-refractivity contribution in [2.24, 2.45) is 0 Å². The van der Waals surface area contributed by atoms with Crippen LogP contribution >= 0.6 is 24.4 Å². The summed E-state index contributed by atoms with van der Waals surface area (Å²) in [5.41, 5.74) is 12.3. The van der Waals surface area contributed by atoms with E-state index in [0.717, 1.165) is 31.2 Å². The highest BCUT2D eigenvalue weighted by atomic mass is 32.1. The summed E-state index contributed by atoms with van der Waals surface area (Å²) in [6.07, 6.45) is 3.86. The summed E-state index contributed by atoms with van der Waals surface area (Å²) in [5.74, 6) is 1.80. The molecule has 1 aromatic rings. The summed E-state index contributed by atoms with van der Waals surface area (Å²) < 4.78 is 6.14. The van der Waals surface area contributed by atoms with Gasteiger partial charge in [-0.05, 0) is 69.4 Å². The highest BCUT2D eigenvalue weighted by molar-refractivity contribution is 7.80. The van der Waals surface area contributed by atoms with Gasteiger partial charge in [-0.3, -0.25) is 15.8 Å². The maximum absolute atomic E-state index is 6.14. The third kappa shape index (κ3) is 7.23. The van der Waals surface area contributed by atoms with Crippen molar-refractivity contribution in [1.82, 2.24) is 37.2 Å². The quantitative estimate of drug-likeness (QED) is 0.273. The Balaban J connectivity index is 2.02. The Labute approximate surface area is 172 Å². The van der Waals surface area contributed by atoms with E-state index in [1.165, 1.54) is 19.3 Å². The van der Waals surface area contributed by atoms with Gasteiger partial charge < -0.3 is 15.1 Å². The Hall–Kier alpha value is -1.46. The highest BCUT2D eigenvalue weighted by Crippen LogP contribution is 2.21. The molecule has 10 heteroatoms. The van der Waals surface area contributed by atoms with Crippen LogP contribution in [0.2, 0.25) is 0 Å². The maximum Gasteiger partial charge on any atom is 0.180 e. The first kappa shape index (κ1) is 21.8. The number of nitrogens with zero attached hydrogens (tertiary/aromatic N) is 1. The molecule has 0 saturated carbocycles. The van der Waals surface area contributed by atoms with E-state index >= 15 is 0 Å². The molecule has 0 bridgehead atoms. The second kappa shape index (κ2) is 11.4. The van der Waals surface area contributed by atoms with Gasteiger partial charge in [0.2, 0.25) is 0 Å². The van der Waals surface area contributed by atoms with Crippen molar-refractivity contribution in [2.45, 2.75) is 44.8 Å². The van der Waals surface area contributed by atoms with Gasteiger partial charge in [0.1, 0.15) is 17.6 Å². The SMILES string of the molecule is CNC(=S)NNC(C)C(NNC(=S)NC)c1ccc(CN2CCCCC2)o1. The Morgan fingerprint density at radius 2 is 1.67 bits per heavy atom. The molecule has 0 amide bonds. The number of piperidine rings is 1. The van der Waals surface area contributed by atoms with Crippen molar-refractivity contribution >= 4 is 34.7 Å². The average Bonchev–Trinajstić information content (AvgIpc) is 3.14. The Bertz CT molecular complexity index is 604. The minimum absolute atomic E-state index is 0.0440. The third-order valence-corrected chi connectivity index (χ3v) is 5.14. The van der Waals surface area contributed by atoms with Crippen LogP contribution in [0.4, 0.5) is 0 Å². The van der Waals surface area contributed by atoms with Crippen LogP contribution in [-0.4, -0.2) is 48.4 Å². The first-order chi connectivity index (χ1) is 13.0. The molecule has 2 rings (SSSR count). The molecule has 1 saturated heterocycles. The van der Waals surface area contributed by atoms with Gasteiger partial charge in [0, 0.05) is 20.1 Å². The van der Waals surface area contributed by atoms with Gasteiger partial charge in [-0.2, -0.15) is 0 Å². The van der Waals surface area contributed by atoms with Crippen LogP contribution in [-0.2, 0) is 6.54 Å². The van der Waals surface area contributed by atoms with Crippen LogP contribution in [0.25, 0.3) is 0 Å². The highest BCUT2D eigenvalue weighted by Gasteiger charge is 2.23. The molecule has 2 heterocycles. The lowest BCUT2D eigenvalue weighted by Gasteiger charge is -2.26. The van der Waals surface area contributed by atoms with Gasteiger partial charge >= 0.3 is 0 Å². The number of hydrogen-bond donors (Lipinski definition) is 6. The van der Waals surface area contributed by atoms with Gasteiger partial charge in [-0.25, -0.2) is 10.9 Å². The van der Waals surface area contributed by atoms with E-state index in [-0.39, 0.29) is 12.1 Å². The van der Waals surface area contributed by atoms with E-state index < -0.39 is 0 Å². The second-order valence-corrected chi connectivity index (χ2v) is 7.42. The number of hydrogen-bond acceptors (Lipinski definition) is 6. The Morgan fingerprint density at radius 3 is 2.30 bits per heavy atom. The summed E-state index contributed by atoms with van der Waals surface area (Å²) >= 11 is 10.3. The minimum Gasteiger partial charge on any atom is -0.463 e. The van der Waals surface area contributed by atoms with Crippen molar-refractivity contribution in [3.8, 4) is 0 Å². The third-order valence-electron chi connectivity index (χ3n) is 4.53. The minimum atomic E-state index is -0.168. The number of furan rings is 1. The van der Waals surface area contributed by atoms with Gasteiger partial charge in [0.15, 0.2) is 10.2 Å². The standard InChI is InChI=1S/C17H31N7OS2/c1-12(20-22-16(26)18-2)15(21-23-17(27)19-3)14-8-7-13(25-14)11-24-9-5-4-6-10-24/h7-8,12,15,20-21H,4-6,9-11H2,1-3H3,(H2,18,22,26)(H2,19,23,27). The fourth-order valence-electron chi connectivity index (χ4n) is 2.96. The van der Waals surface area contributed by atoms with Crippen LogP contribution in [0, 0.1) is 0 Å². The molecule has 8 nitrogen and oxygen atoms in total. The largest absolute Gasteiger partial charge is 0.463 e. The smallest absolute Gasteiger partial charge is 0.180 e. The fraction of sp³-hybridized carbons (Fsp3) is 0.647. The molecule has 2 unspecified atom stereocenters. The summed E-state index contributed by atoms with van der Waals surface area (Å²) in [7, 11) is 3.54. The fourth-order valence-corrected chi connectivity index (χ4v) is 3.08. The van der Waals surface area contributed by atoms with E-state index in [9.17, 15) is 0 Å². The van der Waals surface area contributed by atoms with Gasteiger partial charge in [0.25, 0.3) is 0 Å². The molecule has 2 atom stereocenters. The molecule has 152 valence electrons. The normalized spacial score (nSPS) is 17.0. The molecule has 0 aromatic carbocycles. The first-order valence-electron chi connectivity index (χ1n) is 9.31. The summed E-state index contributed by atoms with van der Waals surface area (Å²) in [6.45, 7) is 5.15. The van der Waals surface area contributed by atoms with Gasteiger partial charge in [-0.15, -0.1) is 0 Å². The summed E-state index contributed by atoms with van der Waals surface area (Å²) in [5, 5.41) is 6.78. The van der Waals surface area contributed by atoms with E-state index in [1.54, 1.807) is 14.1 Å². The van der Waals surface area contributed by atoms with Crippen molar-refractivity contribution in [3.05, 3.63) is 23.7 Å². The van der Waals surface area contributed by atoms with Crippen LogP contribution in [0.3, 0.4) is 0 Å². The molecule has 1 aliphatic rings. The first-order valence-corrected chi connectivity index (χ1v) is 10.1. The zero-order valence-corrected chi connectivity index (χ0v) is 17.9. The van der Waals surface area contributed by atoms with E-state index in [1.807, 2.05) is 19.1 Å². The van der Waals surface area contributed by atoms with Crippen LogP contribution in [0.5, 0.6) is 0 Å². The number of likely N-dealkylation sites (tertiary alicyclic amines) is 1. The van der Waals surface area contributed by atoms with Crippen molar-refractivity contribution < 1.29 is 4.42 Å². The number of rotatable bonds is 8. The lowest BCUT2D eigenvalue weighted by Crippen LogP contribution is -2.54. The molecule has 6 N–H and O–H groups in total. The zero-order chi connectivity index (χ0) is 19.6. The average molecular weight is 414 g/mol. The molecule has 0 aliphatic carbocycles. The van der Waals surface area contributed by atoms with Crippen LogP contribution in [0.15, 0.2) is 16.5 Å². The van der Waals surface area contributed by atoms with Gasteiger partial charge in [0.05, 0.1) is 6.54 Å². The van der Waals surface area contributed by atoms with Gasteiger partial charge in [-0.1, -0.05) is 6.42 Å². The number of hydrazine groups is 2. The molecule has 0 spiro atoms. The second-order valence-electron chi connectivity index (χ2n) is 6.60. The summed E-state index contributed by atoms with van der Waals surface area (Å²) in [6, 6.07) is 3.85. The van der Waals surface area contributed by atoms with Crippen molar-refractivity contribution in [1.29, 1.82) is 0 Å². The topological polar surface area (TPSA) is 88.6 Å². The Morgan fingerprint density at radius 1 is 1.04 bits per heavy atom. The lowest BCUT2D eigenvalue weighted by atomic mass is 10.1. The van der Waals surface area contributed by atoms with Crippen LogP contribution in [0.1, 0.15) is 43.7 Å². The molecular weight excluding hydrogens is 382 g/mol. The van der Waals surface area contributed by atoms with Crippen molar-refractivity contribution in [2.75, 3.05) is 27.2 Å². The monoisotopic (exact) mass is 413 g/mol. The van der Waals surface area contributed by atoms with Crippen molar-refractivity contribution in [3.63, 3.8) is 0 Å². The lowest BCUT2D eigenvalue weighted by molar-refractivity contribution is 0.200. The molecule has 1 aliphatic heterocycles. The molecule has 1 fully saturated rings. The maximum atomic E-state index is 6.14. The van der Waals surface area contributed by atoms with E-state index in [2.05, 4.69) is 37.2 Å².